The molecule has 1 saturated carbocycles. The third-order valence-electron chi connectivity index (χ3n) is 2.91. The summed E-state index contributed by atoms with van der Waals surface area (Å²) in [7, 11) is 0. The number of nitrogens with two attached hydrogens (primary N) is 1. The molecule has 0 unspecified atom stereocenters. The fraction of sp³-hybridized carbons (Fsp3) is 0.538. The van der Waals surface area contributed by atoms with E-state index in [1.165, 1.54) is 11.3 Å². The molecule has 1 aromatic rings. The van der Waals surface area contributed by atoms with Gasteiger partial charge in [0.05, 0.1) is 12.3 Å². The van der Waals surface area contributed by atoms with Crippen LogP contribution in [0, 0.1) is 11.3 Å². The van der Waals surface area contributed by atoms with Gasteiger partial charge >= 0.3 is 0 Å². The molecule has 1 fully saturated rings. The first-order chi connectivity index (χ1) is 9.67. The SMILES string of the molecule is CCOCCNc1sc(C(=O)NC2CC2)c(N)c1C#N. The van der Waals surface area contributed by atoms with Crippen molar-refractivity contribution in [2.24, 2.45) is 0 Å². The van der Waals surface area contributed by atoms with Gasteiger partial charge in [0, 0.05) is 19.2 Å². The van der Waals surface area contributed by atoms with Crippen LogP contribution in [0.3, 0.4) is 0 Å². The Morgan fingerprint density at radius 3 is 2.95 bits per heavy atom. The van der Waals surface area contributed by atoms with E-state index in [0.29, 0.717) is 35.2 Å². The van der Waals surface area contributed by atoms with Crippen molar-refractivity contribution in [3.05, 3.63) is 10.4 Å². The lowest BCUT2D eigenvalue weighted by Crippen LogP contribution is -2.25. The zero-order valence-electron chi connectivity index (χ0n) is 11.4. The lowest BCUT2D eigenvalue weighted by Gasteiger charge is -2.03. The molecule has 20 heavy (non-hydrogen) atoms. The Kier molecular flexibility index (Phi) is 4.82. The third-order valence-corrected chi connectivity index (χ3v) is 4.07. The van der Waals surface area contributed by atoms with E-state index in [1.807, 2.05) is 6.92 Å². The molecule has 0 aromatic carbocycles. The minimum absolute atomic E-state index is 0.190. The van der Waals surface area contributed by atoms with Gasteiger partial charge < -0.3 is 21.1 Å². The summed E-state index contributed by atoms with van der Waals surface area (Å²) in [5.74, 6) is -0.190. The van der Waals surface area contributed by atoms with Gasteiger partial charge in [0.25, 0.3) is 5.91 Å². The number of nitrogen functional groups attached to an aromatic ring is 1. The first-order valence-corrected chi connectivity index (χ1v) is 7.43. The summed E-state index contributed by atoms with van der Waals surface area (Å²) in [4.78, 5) is 12.4. The van der Waals surface area contributed by atoms with Gasteiger partial charge in [-0.2, -0.15) is 5.26 Å². The number of hydrogen-bond acceptors (Lipinski definition) is 6. The average molecular weight is 294 g/mol. The van der Waals surface area contributed by atoms with Crippen molar-refractivity contribution < 1.29 is 9.53 Å². The highest BCUT2D eigenvalue weighted by Gasteiger charge is 2.27. The summed E-state index contributed by atoms with van der Waals surface area (Å²) in [6.07, 6.45) is 2.03. The number of ether oxygens (including phenoxy) is 1. The predicted molar refractivity (Wildman–Crippen MR) is 78.9 cm³/mol. The number of anilines is 2. The Morgan fingerprint density at radius 2 is 2.35 bits per heavy atom. The molecule has 1 aliphatic rings. The Bertz CT molecular complexity index is 531. The number of amides is 1. The maximum atomic E-state index is 12.0. The van der Waals surface area contributed by atoms with Crippen LogP contribution in [0.1, 0.15) is 35.0 Å². The standard InChI is InChI=1S/C13H18N4O2S/c1-2-19-6-5-16-13-9(7-14)10(15)11(20-13)12(18)17-8-3-4-8/h8,16H,2-6,15H2,1H3,(H,17,18). The summed E-state index contributed by atoms with van der Waals surface area (Å²) in [6.45, 7) is 3.69. The van der Waals surface area contributed by atoms with Crippen LogP contribution in [-0.2, 0) is 4.74 Å². The molecule has 1 amide bonds. The second kappa shape index (κ2) is 6.59. The molecule has 4 N–H and O–H groups in total. The molecule has 1 heterocycles. The van der Waals surface area contributed by atoms with Crippen molar-refractivity contribution >= 4 is 27.9 Å². The van der Waals surface area contributed by atoms with Crippen molar-refractivity contribution in [3.63, 3.8) is 0 Å². The van der Waals surface area contributed by atoms with Crippen molar-refractivity contribution in [2.75, 3.05) is 30.8 Å². The minimum Gasteiger partial charge on any atom is -0.396 e. The Balaban J connectivity index is 2.07. The van der Waals surface area contributed by atoms with E-state index in [9.17, 15) is 4.79 Å². The van der Waals surface area contributed by atoms with Gasteiger partial charge in [0.1, 0.15) is 21.5 Å². The van der Waals surface area contributed by atoms with Gasteiger partial charge in [-0.1, -0.05) is 0 Å². The molecule has 0 atom stereocenters. The third kappa shape index (κ3) is 3.40. The number of nitriles is 1. The van der Waals surface area contributed by atoms with Gasteiger partial charge in [-0.15, -0.1) is 11.3 Å². The summed E-state index contributed by atoms with van der Waals surface area (Å²) >= 11 is 1.22. The van der Waals surface area contributed by atoms with Crippen molar-refractivity contribution in [2.45, 2.75) is 25.8 Å². The van der Waals surface area contributed by atoms with Crippen LogP contribution >= 0.6 is 11.3 Å². The molecule has 0 aliphatic heterocycles. The zero-order chi connectivity index (χ0) is 14.5. The van der Waals surface area contributed by atoms with E-state index >= 15 is 0 Å². The Hall–Kier alpha value is -1.78. The maximum Gasteiger partial charge on any atom is 0.263 e. The average Bonchev–Trinajstić information content (AvgIpc) is 3.18. The normalized spacial score (nSPS) is 13.8. The van der Waals surface area contributed by atoms with Gasteiger partial charge in [-0.25, -0.2) is 0 Å². The molecule has 6 nitrogen and oxygen atoms in total. The number of nitrogens with one attached hydrogen (secondary N) is 2. The van der Waals surface area contributed by atoms with Crippen LogP contribution in [0.4, 0.5) is 10.7 Å². The zero-order valence-corrected chi connectivity index (χ0v) is 12.2. The van der Waals surface area contributed by atoms with Gasteiger partial charge in [-0.05, 0) is 19.8 Å². The van der Waals surface area contributed by atoms with Crippen molar-refractivity contribution in [3.8, 4) is 6.07 Å². The first-order valence-electron chi connectivity index (χ1n) is 6.62. The molecule has 0 spiro atoms. The van der Waals surface area contributed by atoms with E-state index in [0.717, 1.165) is 12.8 Å². The number of carbonyl (C=O) groups is 1. The summed E-state index contributed by atoms with van der Waals surface area (Å²) < 4.78 is 5.22. The predicted octanol–water partition coefficient (Wildman–Crippen LogP) is 1.54. The van der Waals surface area contributed by atoms with Crippen molar-refractivity contribution in [1.29, 1.82) is 5.26 Å². The number of carbonyl (C=O) groups excluding carboxylic acids is 1. The lowest BCUT2D eigenvalue weighted by atomic mass is 10.2. The molecule has 1 aliphatic carbocycles. The molecular formula is C13H18N4O2S. The second-order valence-corrected chi connectivity index (χ2v) is 5.55. The molecule has 108 valence electrons. The van der Waals surface area contributed by atoms with E-state index < -0.39 is 0 Å². The topological polar surface area (TPSA) is 100 Å². The molecule has 1 aromatic heterocycles. The number of rotatable bonds is 7. The van der Waals surface area contributed by atoms with Crippen molar-refractivity contribution in [1.82, 2.24) is 5.32 Å². The first kappa shape index (κ1) is 14.6. The molecule has 0 saturated heterocycles. The minimum atomic E-state index is -0.190. The smallest absolute Gasteiger partial charge is 0.263 e. The van der Waals surface area contributed by atoms with E-state index in [1.54, 1.807) is 0 Å². The fourth-order valence-corrected chi connectivity index (χ4v) is 2.71. The maximum absolute atomic E-state index is 12.0. The van der Waals surface area contributed by atoms with Gasteiger partial charge in [-0.3, -0.25) is 4.79 Å². The molecule has 0 bridgehead atoms. The highest BCUT2D eigenvalue weighted by Crippen LogP contribution is 2.35. The van der Waals surface area contributed by atoms with Crippen LogP contribution in [0.5, 0.6) is 0 Å². The highest BCUT2D eigenvalue weighted by atomic mass is 32.1. The lowest BCUT2D eigenvalue weighted by molar-refractivity contribution is 0.0956. The highest BCUT2D eigenvalue weighted by molar-refractivity contribution is 7.18. The van der Waals surface area contributed by atoms with E-state index in [2.05, 4.69) is 16.7 Å². The fourth-order valence-electron chi connectivity index (χ4n) is 1.71. The monoisotopic (exact) mass is 294 g/mol. The summed E-state index contributed by atoms with van der Waals surface area (Å²) in [5, 5.41) is 15.8. The second-order valence-electron chi connectivity index (χ2n) is 4.53. The molecule has 2 rings (SSSR count). The van der Waals surface area contributed by atoms with Crippen LogP contribution < -0.4 is 16.4 Å². The van der Waals surface area contributed by atoms with E-state index in [4.69, 9.17) is 15.7 Å². The molecule has 0 radical (unpaired) electrons. The largest absolute Gasteiger partial charge is 0.396 e. The quantitative estimate of drug-likeness (QED) is 0.662. The van der Waals surface area contributed by atoms with Gasteiger partial charge in [0.15, 0.2) is 0 Å². The number of nitrogens with zero attached hydrogens (tertiary/aromatic N) is 1. The number of hydrogen-bond donors (Lipinski definition) is 3. The Labute approximate surface area is 121 Å². The van der Waals surface area contributed by atoms with Crippen LogP contribution in [-0.4, -0.2) is 31.7 Å². The molecular weight excluding hydrogens is 276 g/mol. The molecule has 7 heteroatoms. The number of thiophene rings is 1. The van der Waals surface area contributed by atoms with Gasteiger partial charge in [0.2, 0.25) is 0 Å². The van der Waals surface area contributed by atoms with Crippen LogP contribution in [0.2, 0.25) is 0 Å². The Morgan fingerprint density at radius 1 is 1.60 bits per heavy atom. The van der Waals surface area contributed by atoms with Crippen LogP contribution in [0.15, 0.2) is 0 Å². The summed E-state index contributed by atoms with van der Waals surface area (Å²) in [5.41, 5.74) is 6.50. The van der Waals surface area contributed by atoms with Crippen LogP contribution in [0.25, 0.3) is 0 Å². The summed E-state index contributed by atoms with van der Waals surface area (Å²) in [6, 6.07) is 2.32. The van der Waals surface area contributed by atoms with E-state index in [-0.39, 0.29) is 17.6 Å².